The van der Waals surface area contributed by atoms with E-state index in [2.05, 4.69) is 9.97 Å². The van der Waals surface area contributed by atoms with Crippen LogP contribution in [-0.2, 0) is 13.2 Å². The number of nitrogens with one attached hydrogen (secondary N) is 1. The van der Waals surface area contributed by atoms with Crippen LogP contribution in [0.15, 0.2) is 35.3 Å². The third kappa shape index (κ3) is 2.75. The molecule has 0 aliphatic rings. The van der Waals surface area contributed by atoms with E-state index < -0.39 is 0 Å². The second-order valence-corrected chi connectivity index (χ2v) is 3.94. The van der Waals surface area contributed by atoms with Gasteiger partial charge in [-0.15, -0.1) is 0 Å². The Bertz CT molecular complexity index is 593. The first-order valence-electron chi connectivity index (χ1n) is 5.66. The molecule has 0 unspecified atom stereocenters. The number of hydrogen-bond acceptors (Lipinski definition) is 4. The number of aromatic nitrogens is 2. The molecule has 0 bridgehead atoms. The van der Waals surface area contributed by atoms with Crippen LogP contribution in [-0.4, -0.2) is 9.97 Å². The predicted molar refractivity (Wildman–Crippen MR) is 68.3 cm³/mol. The summed E-state index contributed by atoms with van der Waals surface area (Å²) in [5.41, 5.74) is 6.69. The molecule has 0 radical (unpaired) electrons. The van der Waals surface area contributed by atoms with E-state index in [9.17, 15) is 4.79 Å². The van der Waals surface area contributed by atoms with Crippen LogP contribution < -0.4 is 16.0 Å². The Hall–Kier alpha value is -2.14. The second-order valence-electron chi connectivity index (χ2n) is 3.94. The van der Waals surface area contributed by atoms with Crippen LogP contribution in [0.2, 0.25) is 0 Å². The largest absolute Gasteiger partial charge is 0.485 e. The third-order valence-corrected chi connectivity index (χ3v) is 2.60. The molecule has 5 heteroatoms. The highest BCUT2D eigenvalue weighted by Gasteiger charge is 2.03. The Kier molecular flexibility index (Phi) is 3.74. The molecule has 0 spiro atoms. The first-order chi connectivity index (χ1) is 8.70. The summed E-state index contributed by atoms with van der Waals surface area (Å²) >= 11 is 0. The summed E-state index contributed by atoms with van der Waals surface area (Å²) in [6, 6.07) is 7.68. The van der Waals surface area contributed by atoms with Crippen LogP contribution in [0.5, 0.6) is 5.75 Å². The minimum Gasteiger partial charge on any atom is -0.485 e. The standard InChI is InChI=1S/C13H15N3O2/c1-9-4-2-3-5-11(9)18-8-12-15-7-10(6-14)13(17)16-12/h2-5,7H,6,8,14H2,1H3,(H,15,16,17). The zero-order valence-corrected chi connectivity index (χ0v) is 10.1. The van der Waals surface area contributed by atoms with E-state index in [1.54, 1.807) is 0 Å². The van der Waals surface area contributed by atoms with Crippen LogP contribution in [0.3, 0.4) is 0 Å². The van der Waals surface area contributed by atoms with Crippen molar-refractivity contribution in [2.45, 2.75) is 20.1 Å². The van der Waals surface area contributed by atoms with Gasteiger partial charge in [-0.3, -0.25) is 4.79 Å². The van der Waals surface area contributed by atoms with E-state index in [1.165, 1.54) is 6.20 Å². The molecule has 0 atom stereocenters. The smallest absolute Gasteiger partial charge is 0.255 e. The van der Waals surface area contributed by atoms with Crippen molar-refractivity contribution in [3.8, 4) is 5.75 Å². The summed E-state index contributed by atoms with van der Waals surface area (Å²) in [6.07, 6.45) is 1.48. The summed E-state index contributed by atoms with van der Waals surface area (Å²) in [6.45, 7) is 2.37. The topological polar surface area (TPSA) is 81.0 Å². The summed E-state index contributed by atoms with van der Waals surface area (Å²) in [5.74, 6) is 1.27. The molecule has 0 saturated carbocycles. The number of H-pyrrole nitrogens is 1. The fraction of sp³-hybridized carbons (Fsp3) is 0.231. The summed E-state index contributed by atoms with van der Waals surface area (Å²) in [4.78, 5) is 18.3. The SMILES string of the molecule is Cc1ccccc1OCc1ncc(CN)c(=O)[nH]1. The van der Waals surface area contributed by atoms with E-state index in [0.29, 0.717) is 11.4 Å². The first kappa shape index (κ1) is 12.3. The van der Waals surface area contributed by atoms with E-state index >= 15 is 0 Å². The molecule has 1 heterocycles. The fourth-order valence-corrected chi connectivity index (χ4v) is 1.54. The third-order valence-electron chi connectivity index (χ3n) is 2.60. The molecule has 1 aromatic heterocycles. The van der Waals surface area contributed by atoms with Gasteiger partial charge in [0.05, 0.1) is 0 Å². The van der Waals surface area contributed by atoms with Gasteiger partial charge in [0.2, 0.25) is 0 Å². The Morgan fingerprint density at radius 1 is 1.39 bits per heavy atom. The highest BCUT2D eigenvalue weighted by Crippen LogP contribution is 2.16. The van der Waals surface area contributed by atoms with Crippen molar-refractivity contribution in [1.29, 1.82) is 0 Å². The van der Waals surface area contributed by atoms with Gasteiger partial charge in [0.1, 0.15) is 18.2 Å². The molecular formula is C13H15N3O2. The Balaban J connectivity index is 2.09. The van der Waals surface area contributed by atoms with Gasteiger partial charge in [-0.1, -0.05) is 18.2 Å². The van der Waals surface area contributed by atoms with Crippen molar-refractivity contribution >= 4 is 0 Å². The Labute approximate surface area is 105 Å². The van der Waals surface area contributed by atoms with Crippen LogP contribution >= 0.6 is 0 Å². The minimum absolute atomic E-state index is 0.182. The highest BCUT2D eigenvalue weighted by atomic mass is 16.5. The summed E-state index contributed by atoms with van der Waals surface area (Å²) in [7, 11) is 0. The van der Waals surface area contributed by atoms with Crippen LogP contribution in [0.25, 0.3) is 0 Å². The number of aromatic amines is 1. The average Bonchev–Trinajstić information content (AvgIpc) is 2.38. The van der Waals surface area contributed by atoms with Crippen molar-refractivity contribution in [1.82, 2.24) is 9.97 Å². The number of hydrogen-bond donors (Lipinski definition) is 2. The maximum atomic E-state index is 11.5. The monoisotopic (exact) mass is 245 g/mol. The van der Waals surface area contributed by atoms with Gasteiger partial charge >= 0.3 is 0 Å². The number of nitrogens with zero attached hydrogens (tertiary/aromatic N) is 1. The van der Waals surface area contributed by atoms with Crippen molar-refractivity contribution in [2.24, 2.45) is 5.73 Å². The van der Waals surface area contributed by atoms with Crippen LogP contribution in [0.4, 0.5) is 0 Å². The van der Waals surface area contributed by atoms with Gasteiger partial charge in [0.25, 0.3) is 5.56 Å². The lowest BCUT2D eigenvalue weighted by Gasteiger charge is -2.08. The van der Waals surface area contributed by atoms with E-state index in [1.807, 2.05) is 31.2 Å². The molecule has 0 saturated heterocycles. The van der Waals surface area contributed by atoms with Gasteiger partial charge < -0.3 is 15.5 Å². The first-order valence-corrected chi connectivity index (χ1v) is 5.66. The van der Waals surface area contributed by atoms with E-state index in [-0.39, 0.29) is 18.7 Å². The van der Waals surface area contributed by atoms with Crippen molar-refractivity contribution in [3.63, 3.8) is 0 Å². The van der Waals surface area contributed by atoms with Gasteiger partial charge in [0.15, 0.2) is 0 Å². The lowest BCUT2D eigenvalue weighted by atomic mass is 10.2. The number of nitrogens with two attached hydrogens (primary N) is 1. The number of aryl methyl sites for hydroxylation is 1. The number of ether oxygens (including phenoxy) is 1. The molecule has 0 fully saturated rings. The highest BCUT2D eigenvalue weighted by molar-refractivity contribution is 5.31. The molecule has 2 aromatic rings. The molecule has 94 valence electrons. The zero-order chi connectivity index (χ0) is 13.0. The Morgan fingerprint density at radius 3 is 2.83 bits per heavy atom. The lowest BCUT2D eigenvalue weighted by Crippen LogP contribution is -2.19. The molecule has 0 aliphatic heterocycles. The minimum atomic E-state index is -0.212. The quantitative estimate of drug-likeness (QED) is 0.845. The molecular weight excluding hydrogens is 230 g/mol. The molecule has 5 nitrogen and oxygen atoms in total. The maximum Gasteiger partial charge on any atom is 0.255 e. The van der Waals surface area contributed by atoms with Gasteiger partial charge in [-0.2, -0.15) is 0 Å². The van der Waals surface area contributed by atoms with Crippen LogP contribution in [0.1, 0.15) is 17.0 Å². The summed E-state index contributed by atoms with van der Waals surface area (Å²) in [5, 5.41) is 0. The van der Waals surface area contributed by atoms with Gasteiger partial charge in [-0.05, 0) is 18.6 Å². The predicted octanol–water partition coefficient (Wildman–Crippen LogP) is 1.12. The van der Waals surface area contributed by atoms with E-state index in [0.717, 1.165) is 11.3 Å². The van der Waals surface area contributed by atoms with Gasteiger partial charge in [0, 0.05) is 18.3 Å². The molecule has 0 aliphatic carbocycles. The maximum absolute atomic E-state index is 11.5. The number of para-hydroxylation sites is 1. The Morgan fingerprint density at radius 2 is 2.17 bits per heavy atom. The van der Waals surface area contributed by atoms with Crippen molar-refractivity contribution in [2.75, 3.05) is 0 Å². The lowest BCUT2D eigenvalue weighted by molar-refractivity contribution is 0.293. The fourth-order valence-electron chi connectivity index (χ4n) is 1.54. The number of benzene rings is 1. The van der Waals surface area contributed by atoms with Crippen molar-refractivity contribution < 1.29 is 4.74 Å². The van der Waals surface area contributed by atoms with Gasteiger partial charge in [-0.25, -0.2) is 4.98 Å². The van der Waals surface area contributed by atoms with Crippen LogP contribution in [0, 0.1) is 6.92 Å². The zero-order valence-electron chi connectivity index (χ0n) is 10.1. The van der Waals surface area contributed by atoms with E-state index in [4.69, 9.17) is 10.5 Å². The molecule has 1 aromatic carbocycles. The molecule has 18 heavy (non-hydrogen) atoms. The molecule has 2 rings (SSSR count). The van der Waals surface area contributed by atoms with Crippen molar-refractivity contribution in [3.05, 3.63) is 57.8 Å². The normalized spacial score (nSPS) is 10.3. The molecule has 0 amide bonds. The number of rotatable bonds is 4. The second kappa shape index (κ2) is 5.46. The summed E-state index contributed by atoms with van der Waals surface area (Å²) < 4.78 is 5.59. The molecule has 3 N–H and O–H groups in total. The average molecular weight is 245 g/mol.